The fraction of sp³-hybridized carbons (Fsp3) is 0.176. The minimum Gasteiger partial charge on any atom is -0.408 e. The predicted molar refractivity (Wildman–Crippen MR) is 97.1 cm³/mol. The number of hydrogen-bond donors (Lipinski definition) is 0. The monoisotopic (exact) mass is 394 g/mol. The van der Waals surface area contributed by atoms with Crippen LogP contribution in [0.5, 0.6) is 0 Å². The fourth-order valence-electron chi connectivity index (χ4n) is 2.44. The lowest BCUT2D eigenvalue weighted by Gasteiger charge is -2.10. The number of nitrogens with zero attached hydrogens (tertiary/aromatic N) is 2. The molecule has 0 bridgehead atoms. The van der Waals surface area contributed by atoms with Gasteiger partial charge >= 0.3 is 5.76 Å². The van der Waals surface area contributed by atoms with Crippen molar-refractivity contribution in [3.05, 3.63) is 63.6 Å². The molecule has 0 saturated carbocycles. The van der Waals surface area contributed by atoms with E-state index in [1.54, 1.807) is 24.3 Å². The number of halogens is 1. The first kappa shape index (κ1) is 18.4. The minimum atomic E-state index is -3.66. The summed E-state index contributed by atoms with van der Waals surface area (Å²) >= 11 is 5.80. The summed E-state index contributed by atoms with van der Waals surface area (Å²) in [6, 6.07) is 10.4. The molecule has 0 aliphatic rings. The van der Waals surface area contributed by atoms with E-state index in [0.29, 0.717) is 16.1 Å². The van der Waals surface area contributed by atoms with Crippen LogP contribution in [-0.4, -0.2) is 37.2 Å². The van der Waals surface area contributed by atoms with Crippen LogP contribution < -0.4 is 5.76 Å². The normalized spacial score (nSPS) is 12.0. The number of carbonyl (C=O) groups excluding carboxylic acids is 1. The van der Waals surface area contributed by atoms with Gasteiger partial charge in [-0.1, -0.05) is 11.6 Å². The number of benzene rings is 2. The van der Waals surface area contributed by atoms with Gasteiger partial charge in [-0.05, 0) is 36.4 Å². The standard InChI is InChI=1S/C17H15ClN2O5S/c1-19(2)26(23,24)13-7-8-14-16(9-13)25-17(22)20(14)10-15(21)11-3-5-12(18)6-4-11/h3-9H,10H2,1-2H3. The highest BCUT2D eigenvalue weighted by Crippen LogP contribution is 2.21. The minimum absolute atomic E-state index is 0.0000669. The summed E-state index contributed by atoms with van der Waals surface area (Å²) < 4.78 is 31.7. The number of aromatic nitrogens is 1. The number of oxazole rings is 1. The molecule has 0 unspecified atom stereocenters. The summed E-state index contributed by atoms with van der Waals surface area (Å²) in [5.74, 6) is -1.03. The Kier molecular flexibility index (Phi) is 4.74. The first-order chi connectivity index (χ1) is 12.2. The Balaban J connectivity index is 2.00. The summed E-state index contributed by atoms with van der Waals surface area (Å²) in [5.41, 5.74) is 0.847. The summed E-state index contributed by atoms with van der Waals surface area (Å²) in [6.07, 6.45) is 0. The van der Waals surface area contributed by atoms with E-state index >= 15 is 0 Å². The third kappa shape index (κ3) is 3.31. The summed E-state index contributed by atoms with van der Waals surface area (Å²) in [7, 11) is -0.843. The highest BCUT2D eigenvalue weighted by molar-refractivity contribution is 7.89. The second-order valence-corrected chi connectivity index (χ2v) is 8.39. The molecule has 0 fully saturated rings. The maximum Gasteiger partial charge on any atom is 0.420 e. The van der Waals surface area contributed by atoms with Crippen LogP contribution >= 0.6 is 11.6 Å². The van der Waals surface area contributed by atoms with Crippen LogP contribution in [0, 0.1) is 0 Å². The third-order valence-electron chi connectivity index (χ3n) is 3.89. The first-order valence-electron chi connectivity index (χ1n) is 7.55. The van der Waals surface area contributed by atoms with E-state index in [-0.39, 0.29) is 22.8 Å². The Morgan fingerprint density at radius 3 is 2.42 bits per heavy atom. The van der Waals surface area contributed by atoms with Crippen LogP contribution in [0.1, 0.15) is 10.4 Å². The SMILES string of the molecule is CN(C)S(=O)(=O)c1ccc2c(c1)oc(=O)n2CC(=O)c1ccc(Cl)cc1. The molecule has 0 radical (unpaired) electrons. The fourth-order valence-corrected chi connectivity index (χ4v) is 3.48. The average Bonchev–Trinajstić information content (AvgIpc) is 2.90. The molecule has 7 nitrogen and oxygen atoms in total. The lowest BCUT2D eigenvalue weighted by molar-refractivity contribution is 0.0970. The van der Waals surface area contributed by atoms with Gasteiger partial charge in [0, 0.05) is 30.7 Å². The predicted octanol–water partition coefficient (Wildman–Crippen LogP) is 2.38. The van der Waals surface area contributed by atoms with Gasteiger partial charge in [0.15, 0.2) is 11.4 Å². The van der Waals surface area contributed by atoms with E-state index in [1.807, 2.05) is 0 Å². The van der Waals surface area contributed by atoms with Gasteiger partial charge in [0.05, 0.1) is 17.0 Å². The molecule has 1 aromatic heterocycles. The van der Waals surface area contributed by atoms with Crippen molar-refractivity contribution in [2.45, 2.75) is 11.4 Å². The van der Waals surface area contributed by atoms with Crippen molar-refractivity contribution < 1.29 is 17.6 Å². The lowest BCUT2D eigenvalue weighted by Crippen LogP contribution is -2.22. The molecule has 0 N–H and O–H groups in total. The molecule has 0 saturated heterocycles. The molecule has 3 aromatic rings. The van der Waals surface area contributed by atoms with E-state index in [0.717, 1.165) is 4.31 Å². The number of rotatable bonds is 5. The van der Waals surface area contributed by atoms with E-state index in [9.17, 15) is 18.0 Å². The number of hydrogen-bond acceptors (Lipinski definition) is 5. The van der Waals surface area contributed by atoms with E-state index in [4.69, 9.17) is 16.0 Å². The summed E-state index contributed by atoms with van der Waals surface area (Å²) in [6.45, 7) is -0.229. The maximum absolute atomic E-state index is 12.4. The Hall–Kier alpha value is -2.42. The van der Waals surface area contributed by atoms with Crippen molar-refractivity contribution in [3.8, 4) is 0 Å². The summed E-state index contributed by atoms with van der Waals surface area (Å²) in [5, 5.41) is 0.502. The second-order valence-electron chi connectivity index (χ2n) is 5.80. The number of ketones is 1. The second kappa shape index (κ2) is 6.71. The molecular formula is C17H15ClN2O5S. The van der Waals surface area contributed by atoms with Gasteiger partial charge in [-0.25, -0.2) is 17.5 Å². The van der Waals surface area contributed by atoms with Crippen molar-refractivity contribution in [1.29, 1.82) is 0 Å². The highest BCUT2D eigenvalue weighted by Gasteiger charge is 2.20. The van der Waals surface area contributed by atoms with Crippen LogP contribution in [0.3, 0.4) is 0 Å². The first-order valence-corrected chi connectivity index (χ1v) is 9.36. The molecule has 136 valence electrons. The molecule has 0 aliphatic heterocycles. The number of sulfonamides is 1. The smallest absolute Gasteiger partial charge is 0.408 e. The molecule has 26 heavy (non-hydrogen) atoms. The highest BCUT2D eigenvalue weighted by atomic mass is 35.5. The number of Topliss-reactive ketones (excluding diaryl/α,β-unsaturated/α-hetero) is 1. The summed E-state index contributed by atoms with van der Waals surface area (Å²) in [4.78, 5) is 24.5. The molecule has 0 aliphatic carbocycles. The molecule has 0 spiro atoms. The Morgan fingerprint density at radius 1 is 1.15 bits per heavy atom. The van der Waals surface area contributed by atoms with Crippen LogP contribution in [-0.2, 0) is 16.6 Å². The van der Waals surface area contributed by atoms with Gasteiger partial charge in [0.2, 0.25) is 10.0 Å². The van der Waals surface area contributed by atoms with Crippen LogP contribution in [0.2, 0.25) is 5.02 Å². The average molecular weight is 395 g/mol. The largest absolute Gasteiger partial charge is 0.420 e. The van der Waals surface area contributed by atoms with Crippen LogP contribution in [0.4, 0.5) is 0 Å². The Labute approximate surface area is 154 Å². The quantitative estimate of drug-likeness (QED) is 0.620. The van der Waals surface area contributed by atoms with Crippen molar-refractivity contribution in [2.24, 2.45) is 0 Å². The topological polar surface area (TPSA) is 89.6 Å². The molecule has 3 rings (SSSR count). The van der Waals surface area contributed by atoms with Crippen LogP contribution in [0.15, 0.2) is 56.6 Å². The molecule has 9 heteroatoms. The van der Waals surface area contributed by atoms with E-state index < -0.39 is 15.8 Å². The van der Waals surface area contributed by atoms with Crippen molar-refractivity contribution in [3.63, 3.8) is 0 Å². The van der Waals surface area contributed by atoms with Gasteiger partial charge < -0.3 is 4.42 Å². The van der Waals surface area contributed by atoms with Gasteiger partial charge in [-0.15, -0.1) is 0 Å². The van der Waals surface area contributed by atoms with Gasteiger partial charge in [-0.2, -0.15) is 0 Å². The molecule has 2 aromatic carbocycles. The Bertz CT molecular complexity index is 1140. The van der Waals surface area contributed by atoms with Crippen LogP contribution in [0.25, 0.3) is 11.1 Å². The van der Waals surface area contributed by atoms with Gasteiger partial charge in [0.1, 0.15) is 0 Å². The molecular weight excluding hydrogens is 380 g/mol. The van der Waals surface area contributed by atoms with Gasteiger partial charge in [-0.3, -0.25) is 9.36 Å². The zero-order valence-electron chi connectivity index (χ0n) is 14.0. The zero-order chi connectivity index (χ0) is 19.1. The third-order valence-corrected chi connectivity index (χ3v) is 5.95. The Morgan fingerprint density at radius 2 is 1.81 bits per heavy atom. The van der Waals surface area contributed by atoms with Crippen molar-refractivity contribution >= 4 is 38.5 Å². The van der Waals surface area contributed by atoms with Gasteiger partial charge in [0.25, 0.3) is 0 Å². The molecule has 1 heterocycles. The lowest BCUT2D eigenvalue weighted by atomic mass is 10.1. The van der Waals surface area contributed by atoms with Crippen molar-refractivity contribution in [1.82, 2.24) is 8.87 Å². The van der Waals surface area contributed by atoms with E-state index in [1.165, 1.54) is 36.9 Å². The van der Waals surface area contributed by atoms with E-state index in [2.05, 4.69) is 0 Å². The van der Waals surface area contributed by atoms with Crippen molar-refractivity contribution in [2.75, 3.05) is 14.1 Å². The molecule has 0 amide bonds. The maximum atomic E-state index is 12.4. The zero-order valence-corrected chi connectivity index (χ0v) is 15.5. The number of fused-ring (bicyclic) bond motifs is 1. The molecule has 0 atom stereocenters. The number of carbonyl (C=O) groups is 1.